The van der Waals surface area contributed by atoms with E-state index < -0.39 is 0 Å². The molecule has 0 aliphatic carbocycles. The van der Waals surface area contributed by atoms with E-state index in [1.807, 2.05) is 7.05 Å². The standard InChI is InChI=1S/C8H18N2/c1-8(5-6-9-2)7-10(3)4/h9H,1,5-7H2,2-4H3. The lowest BCUT2D eigenvalue weighted by Crippen LogP contribution is -2.17. The van der Waals surface area contributed by atoms with Crippen LogP contribution in [0, 0.1) is 0 Å². The van der Waals surface area contributed by atoms with Gasteiger partial charge in [0.05, 0.1) is 0 Å². The van der Waals surface area contributed by atoms with E-state index in [4.69, 9.17) is 0 Å². The minimum Gasteiger partial charge on any atom is -0.319 e. The molecule has 0 saturated heterocycles. The van der Waals surface area contributed by atoms with Crippen LogP contribution >= 0.6 is 0 Å². The fourth-order valence-electron chi connectivity index (χ4n) is 0.828. The molecule has 0 heterocycles. The van der Waals surface area contributed by atoms with Gasteiger partial charge in [-0.3, -0.25) is 0 Å². The Balaban J connectivity index is 3.26. The second-order valence-electron chi connectivity index (χ2n) is 2.84. The molecule has 0 aliphatic heterocycles. The zero-order valence-corrected chi connectivity index (χ0v) is 7.28. The van der Waals surface area contributed by atoms with Crippen molar-refractivity contribution in [3.63, 3.8) is 0 Å². The summed E-state index contributed by atoms with van der Waals surface area (Å²) in [6, 6.07) is 0. The van der Waals surface area contributed by atoms with E-state index in [-0.39, 0.29) is 0 Å². The molecule has 0 saturated carbocycles. The fourth-order valence-corrected chi connectivity index (χ4v) is 0.828. The number of hydrogen-bond donors (Lipinski definition) is 1. The van der Waals surface area contributed by atoms with Crippen molar-refractivity contribution < 1.29 is 0 Å². The summed E-state index contributed by atoms with van der Waals surface area (Å²) in [7, 11) is 6.08. The predicted molar refractivity (Wildman–Crippen MR) is 46.2 cm³/mol. The Morgan fingerprint density at radius 2 is 2.10 bits per heavy atom. The first-order valence-corrected chi connectivity index (χ1v) is 3.62. The normalized spacial score (nSPS) is 10.4. The Morgan fingerprint density at radius 3 is 2.50 bits per heavy atom. The van der Waals surface area contributed by atoms with Crippen LogP contribution in [0.25, 0.3) is 0 Å². The van der Waals surface area contributed by atoms with Crippen LogP contribution in [0.2, 0.25) is 0 Å². The molecule has 0 aromatic heterocycles. The molecule has 0 aromatic rings. The molecule has 1 N–H and O–H groups in total. The topological polar surface area (TPSA) is 15.3 Å². The molecule has 10 heavy (non-hydrogen) atoms. The minimum atomic E-state index is 1.00. The van der Waals surface area contributed by atoms with Gasteiger partial charge in [-0.05, 0) is 34.1 Å². The fraction of sp³-hybridized carbons (Fsp3) is 0.750. The van der Waals surface area contributed by atoms with Gasteiger partial charge in [-0.2, -0.15) is 0 Å². The number of hydrogen-bond acceptors (Lipinski definition) is 2. The zero-order chi connectivity index (χ0) is 7.98. The summed E-state index contributed by atoms with van der Waals surface area (Å²) in [5.41, 5.74) is 1.29. The van der Waals surface area contributed by atoms with Crippen molar-refractivity contribution in [2.45, 2.75) is 6.42 Å². The molecule has 2 heteroatoms. The number of likely N-dealkylation sites (N-methyl/N-ethyl adjacent to an activating group) is 1. The van der Waals surface area contributed by atoms with Crippen LogP contribution in [-0.2, 0) is 0 Å². The third kappa shape index (κ3) is 5.79. The molecule has 60 valence electrons. The van der Waals surface area contributed by atoms with Crippen LogP contribution in [-0.4, -0.2) is 39.1 Å². The molecule has 0 spiro atoms. The quantitative estimate of drug-likeness (QED) is 0.569. The number of nitrogens with one attached hydrogen (secondary N) is 1. The molecule has 0 unspecified atom stereocenters. The lowest BCUT2D eigenvalue weighted by Gasteiger charge is -2.11. The summed E-state index contributed by atoms with van der Waals surface area (Å²) >= 11 is 0. The van der Waals surface area contributed by atoms with Gasteiger partial charge in [-0.15, -0.1) is 0 Å². The monoisotopic (exact) mass is 142 g/mol. The smallest absolute Gasteiger partial charge is 0.0184 e. The molecular formula is C8H18N2. The van der Waals surface area contributed by atoms with Crippen LogP contribution < -0.4 is 5.32 Å². The number of nitrogens with zero attached hydrogens (tertiary/aromatic N) is 1. The lowest BCUT2D eigenvalue weighted by atomic mass is 10.2. The van der Waals surface area contributed by atoms with Crippen LogP contribution in [0.3, 0.4) is 0 Å². The van der Waals surface area contributed by atoms with Crippen molar-refractivity contribution in [1.29, 1.82) is 0 Å². The summed E-state index contributed by atoms with van der Waals surface area (Å²) in [5.74, 6) is 0. The lowest BCUT2D eigenvalue weighted by molar-refractivity contribution is 0.439. The molecule has 2 nitrogen and oxygen atoms in total. The van der Waals surface area contributed by atoms with E-state index in [0.717, 1.165) is 19.5 Å². The summed E-state index contributed by atoms with van der Waals surface area (Å²) < 4.78 is 0. The molecule has 0 rings (SSSR count). The van der Waals surface area contributed by atoms with Crippen LogP contribution in [0.5, 0.6) is 0 Å². The largest absolute Gasteiger partial charge is 0.319 e. The van der Waals surface area contributed by atoms with Gasteiger partial charge in [0.15, 0.2) is 0 Å². The van der Waals surface area contributed by atoms with E-state index in [1.165, 1.54) is 5.57 Å². The maximum atomic E-state index is 3.95. The Kier molecular flexibility index (Phi) is 5.26. The molecule has 0 aromatic carbocycles. The highest BCUT2D eigenvalue weighted by Gasteiger charge is 1.94. The maximum Gasteiger partial charge on any atom is 0.0184 e. The van der Waals surface area contributed by atoms with E-state index in [1.54, 1.807) is 0 Å². The first-order valence-electron chi connectivity index (χ1n) is 3.62. The second-order valence-corrected chi connectivity index (χ2v) is 2.84. The van der Waals surface area contributed by atoms with Gasteiger partial charge < -0.3 is 10.2 Å². The Labute approximate surface area is 63.9 Å². The molecule has 0 atom stereocenters. The first kappa shape index (κ1) is 9.66. The van der Waals surface area contributed by atoms with E-state index in [0.29, 0.717) is 0 Å². The average Bonchev–Trinajstić information content (AvgIpc) is 1.82. The highest BCUT2D eigenvalue weighted by atomic mass is 15.0. The Morgan fingerprint density at radius 1 is 1.50 bits per heavy atom. The second kappa shape index (κ2) is 5.45. The molecule has 0 radical (unpaired) electrons. The van der Waals surface area contributed by atoms with Crippen LogP contribution in [0.15, 0.2) is 12.2 Å². The van der Waals surface area contributed by atoms with Crippen molar-refractivity contribution in [3.05, 3.63) is 12.2 Å². The first-order chi connectivity index (χ1) is 4.66. The van der Waals surface area contributed by atoms with Crippen molar-refractivity contribution >= 4 is 0 Å². The molecule has 0 bridgehead atoms. The highest BCUT2D eigenvalue weighted by Crippen LogP contribution is 1.96. The Bertz CT molecular complexity index is 97.4. The summed E-state index contributed by atoms with van der Waals surface area (Å²) in [6.07, 6.45) is 1.08. The predicted octanol–water partition coefficient (Wildman–Crippen LogP) is 0.714. The molecule has 0 fully saturated rings. The van der Waals surface area contributed by atoms with E-state index >= 15 is 0 Å². The van der Waals surface area contributed by atoms with Crippen molar-refractivity contribution in [3.8, 4) is 0 Å². The van der Waals surface area contributed by atoms with Crippen molar-refractivity contribution in [2.75, 3.05) is 34.2 Å². The van der Waals surface area contributed by atoms with Crippen molar-refractivity contribution in [1.82, 2.24) is 10.2 Å². The average molecular weight is 142 g/mol. The van der Waals surface area contributed by atoms with Crippen molar-refractivity contribution in [2.24, 2.45) is 0 Å². The summed E-state index contributed by atoms with van der Waals surface area (Å²) in [6.45, 7) is 5.99. The third-order valence-corrected chi connectivity index (χ3v) is 1.27. The van der Waals surface area contributed by atoms with E-state index in [2.05, 4.69) is 30.9 Å². The van der Waals surface area contributed by atoms with Gasteiger partial charge >= 0.3 is 0 Å². The van der Waals surface area contributed by atoms with Gasteiger partial charge in [-0.1, -0.05) is 12.2 Å². The highest BCUT2D eigenvalue weighted by molar-refractivity contribution is 4.96. The SMILES string of the molecule is C=C(CCNC)CN(C)C. The molecule has 0 amide bonds. The van der Waals surface area contributed by atoms with Gasteiger partial charge in [0.1, 0.15) is 0 Å². The third-order valence-electron chi connectivity index (χ3n) is 1.27. The maximum absolute atomic E-state index is 3.95. The molecule has 0 aliphatic rings. The van der Waals surface area contributed by atoms with Crippen LogP contribution in [0.1, 0.15) is 6.42 Å². The van der Waals surface area contributed by atoms with Crippen LogP contribution in [0.4, 0.5) is 0 Å². The van der Waals surface area contributed by atoms with Gasteiger partial charge in [-0.25, -0.2) is 0 Å². The van der Waals surface area contributed by atoms with Gasteiger partial charge in [0, 0.05) is 6.54 Å². The summed E-state index contributed by atoms with van der Waals surface area (Å²) in [4.78, 5) is 2.14. The summed E-state index contributed by atoms with van der Waals surface area (Å²) in [5, 5.41) is 3.09. The number of rotatable bonds is 5. The van der Waals surface area contributed by atoms with Gasteiger partial charge in [0.2, 0.25) is 0 Å². The minimum absolute atomic E-state index is 1.00. The molecular weight excluding hydrogens is 124 g/mol. The van der Waals surface area contributed by atoms with E-state index in [9.17, 15) is 0 Å². The Hall–Kier alpha value is -0.340. The van der Waals surface area contributed by atoms with Gasteiger partial charge in [0.25, 0.3) is 0 Å². The zero-order valence-electron chi connectivity index (χ0n) is 7.28.